The smallest absolute Gasteiger partial charge is 0.306 e. The third kappa shape index (κ3) is 10.5. The maximum atomic E-state index is 12.5. The van der Waals surface area contributed by atoms with Gasteiger partial charge in [-0.25, -0.2) is 8.78 Å². The first-order valence-electron chi connectivity index (χ1n) is 6.05. The van der Waals surface area contributed by atoms with Gasteiger partial charge in [0.25, 0.3) is 0 Å². The van der Waals surface area contributed by atoms with Gasteiger partial charge in [0.1, 0.15) is 0 Å². The summed E-state index contributed by atoms with van der Waals surface area (Å²) >= 11 is 1.57. The van der Waals surface area contributed by atoms with Gasteiger partial charge in [-0.15, -0.1) is 0 Å². The molecule has 1 unspecified atom stereocenters. The number of hydrogen-bond acceptors (Lipinski definition) is 2. The van der Waals surface area contributed by atoms with Crippen molar-refractivity contribution in [3.05, 3.63) is 0 Å². The molecule has 0 saturated heterocycles. The average molecular weight is 268 g/mol. The second kappa shape index (κ2) is 8.72. The fraction of sp³-hybridized carbons (Fsp3) is 0.917. The van der Waals surface area contributed by atoms with Gasteiger partial charge in [-0.3, -0.25) is 4.79 Å². The summed E-state index contributed by atoms with van der Waals surface area (Å²) in [5.41, 5.74) is 0. The van der Waals surface area contributed by atoms with E-state index in [2.05, 4.69) is 0 Å². The van der Waals surface area contributed by atoms with E-state index in [-0.39, 0.29) is 12.3 Å². The predicted octanol–water partition coefficient (Wildman–Crippen LogP) is 4.05. The van der Waals surface area contributed by atoms with Gasteiger partial charge in [0, 0.05) is 6.42 Å². The number of carbonyl (C=O) groups is 1. The molecule has 1 atom stereocenters. The van der Waals surface area contributed by atoms with Crippen LogP contribution in [0.25, 0.3) is 0 Å². The van der Waals surface area contributed by atoms with E-state index in [1.54, 1.807) is 11.8 Å². The summed E-state index contributed by atoms with van der Waals surface area (Å²) in [6, 6.07) is 0. The monoisotopic (exact) mass is 268 g/mol. The van der Waals surface area contributed by atoms with Crippen LogP contribution in [0.5, 0.6) is 0 Å². The van der Waals surface area contributed by atoms with Crippen molar-refractivity contribution in [1.82, 2.24) is 0 Å². The van der Waals surface area contributed by atoms with Crippen LogP contribution in [0, 0.1) is 5.92 Å². The lowest BCUT2D eigenvalue weighted by Gasteiger charge is -2.11. The molecule has 0 radical (unpaired) electrons. The summed E-state index contributed by atoms with van der Waals surface area (Å²) in [5.74, 6) is -2.17. The van der Waals surface area contributed by atoms with E-state index in [0.717, 1.165) is 19.1 Å². The Kier molecular flexibility index (Phi) is 8.56. The van der Waals surface area contributed by atoms with Crippen molar-refractivity contribution in [3.63, 3.8) is 0 Å². The molecule has 0 amide bonds. The lowest BCUT2D eigenvalue weighted by atomic mass is 10.0. The average Bonchev–Trinajstić information content (AvgIpc) is 2.19. The summed E-state index contributed by atoms with van der Waals surface area (Å²) in [6.07, 6.45) is 2.60. The molecule has 0 fully saturated rings. The minimum absolute atomic E-state index is 0.0860. The van der Waals surface area contributed by atoms with Crippen molar-refractivity contribution in [1.29, 1.82) is 0 Å². The van der Waals surface area contributed by atoms with Gasteiger partial charge in [0.05, 0.1) is 5.92 Å². The van der Waals surface area contributed by atoms with Crippen LogP contribution in [0.2, 0.25) is 0 Å². The summed E-state index contributed by atoms with van der Waals surface area (Å²) in [7, 11) is 0. The van der Waals surface area contributed by atoms with Crippen molar-refractivity contribution in [2.45, 2.75) is 51.9 Å². The Morgan fingerprint density at radius 2 is 2.00 bits per heavy atom. The first-order valence-corrected chi connectivity index (χ1v) is 7.20. The van der Waals surface area contributed by atoms with Crippen LogP contribution in [0.3, 0.4) is 0 Å². The summed E-state index contributed by atoms with van der Waals surface area (Å²) in [4.78, 5) is 10.8. The molecule has 0 aromatic heterocycles. The molecule has 0 bridgehead atoms. The van der Waals surface area contributed by atoms with Crippen molar-refractivity contribution >= 4 is 17.7 Å². The molecule has 0 aromatic carbocycles. The second-order valence-corrected chi connectivity index (χ2v) is 5.62. The van der Waals surface area contributed by atoms with Crippen LogP contribution >= 0.6 is 11.8 Å². The van der Waals surface area contributed by atoms with Gasteiger partial charge in [-0.1, -0.05) is 13.3 Å². The highest BCUT2D eigenvalue weighted by atomic mass is 32.2. The number of thioether (sulfide) groups is 1. The van der Waals surface area contributed by atoms with Crippen molar-refractivity contribution in [3.8, 4) is 0 Å². The minimum Gasteiger partial charge on any atom is -0.481 e. The molecule has 1 N–H and O–H groups in total. The van der Waals surface area contributed by atoms with Gasteiger partial charge < -0.3 is 5.11 Å². The maximum absolute atomic E-state index is 12.5. The molecule has 0 rings (SSSR count). The largest absolute Gasteiger partial charge is 0.481 e. The summed E-state index contributed by atoms with van der Waals surface area (Å²) < 4.78 is 25.0. The molecule has 5 heteroatoms. The third-order valence-corrected chi connectivity index (χ3v) is 3.60. The molecule has 0 spiro atoms. The van der Waals surface area contributed by atoms with Crippen LogP contribution in [-0.2, 0) is 4.79 Å². The molecule has 102 valence electrons. The number of halogens is 2. The number of carboxylic acid groups (broad SMARTS) is 1. The van der Waals surface area contributed by atoms with E-state index in [1.165, 1.54) is 0 Å². The summed E-state index contributed by atoms with van der Waals surface area (Å²) in [5, 5.41) is 8.91. The molecule has 17 heavy (non-hydrogen) atoms. The Morgan fingerprint density at radius 1 is 1.35 bits per heavy atom. The third-order valence-electron chi connectivity index (χ3n) is 2.50. The van der Waals surface area contributed by atoms with E-state index in [9.17, 15) is 13.6 Å². The Labute approximate surface area is 106 Å². The van der Waals surface area contributed by atoms with Crippen LogP contribution in [-0.4, -0.2) is 28.5 Å². The number of alkyl halides is 2. The highest BCUT2D eigenvalue weighted by Gasteiger charge is 2.20. The normalized spacial score (nSPS) is 13.6. The Balaban J connectivity index is 3.52. The molecule has 0 aliphatic heterocycles. The zero-order valence-electron chi connectivity index (χ0n) is 10.5. The van der Waals surface area contributed by atoms with Crippen molar-refractivity contribution < 1.29 is 18.7 Å². The topological polar surface area (TPSA) is 37.3 Å². The van der Waals surface area contributed by atoms with Crippen molar-refractivity contribution in [2.75, 3.05) is 11.5 Å². The highest BCUT2D eigenvalue weighted by Crippen LogP contribution is 2.21. The number of carboxylic acids is 1. The van der Waals surface area contributed by atoms with Gasteiger partial charge >= 0.3 is 5.97 Å². The first-order chi connectivity index (χ1) is 7.87. The lowest BCUT2D eigenvalue weighted by Crippen LogP contribution is -2.14. The molecule has 0 aliphatic carbocycles. The van der Waals surface area contributed by atoms with E-state index < -0.39 is 11.9 Å². The van der Waals surface area contributed by atoms with Gasteiger partial charge in [0.2, 0.25) is 5.92 Å². The molecule has 0 aliphatic rings. The molecular formula is C12H22F2O2S. The summed E-state index contributed by atoms with van der Waals surface area (Å²) in [6.45, 7) is 2.89. The fourth-order valence-corrected chi connectivity index (χ4v) is 2.56. The quantitative estimate of drug-likeness (QED) is 0.607. The van der Waals surface area contributed by atoms with Gasteiger partial charge in [-0.2, -0.15) is 11.8 Å². The predicted molar refractivity (Wildman–Crippen MR) is 67.8 cm³/mol. The van der Waals surface area contributed by atoms with Crippen LogP contribution in [0.1, 0.15) is 46.0 Å². The van der Waals surface area contributed by atoms with Gasteiger partial charge in [0.15, 0.2) is 0 Å². The minimum atomic E-state index is -2.58. The Bertz CT molecular complexity index is 217. The molecule has 0 saturated carbocycles. The first kappa shape index (κ1) is 16.7. The lowest BCUT2D eigenvalue weighted by molar-refractivity contribution is -0.142. The number of hydrogen-bond donors (Lipinski definition) is 1. The number of rotatable bonds is 10. The standard InChI is InChI=1S/C12H22F2O2S/c1-3-5-10(11(15)16)6-9-17-8-4-7-12(2,13)14/h10H,3-9H2,1-2H3,(H,15,16). The molecular weight excluding hydrogens is 246 g/mol. The molecule has 2 nitrogen and oxygen atoms in total. The Morgan fingerprint density at radius 3 is 2.47 bits per heavy atom. The van der Waals surface area contributed by atoms with E-state index in [4.69, 9.17) is 5.11 Å². The Hall–Kier alpha value is -0.320. The molecule has 0 aromatic rings. The number of aliphatic carboxylic acids is 1. The fourth-order valence-electron chi connectivity index (χ4n) is 1.55. The van der Waals surface area contributed by atoms with Gasteiger partial charge in [-0.05, 0) is 37.7 Å². The van der Waals surface area contributed by atoms with Crippen LogP contribution in [0.4, 0.5) is 8.78 Å². The van der Waals surface area contributed by atoms with Crippen LogP contribution in [0.15, 0.2) is 0 Å². The molecule has 0 heterocycles. The highest BCUT2D eigenvalue weighted by molar-refractivity contribution is 7.99. The van der Waals surface area contributed by atoms with Crippen LogP contribution < -0.4 is 0 Å². The zero-order valence-corrected chi connectivity index (χ0v) is 11.4. The second-order valence-electron chi connectivity index (χ2n) is 4.40. The zero-order chi connectivity index (χ0) is 13.3. The SMILES string of the molecule is CCCC(CCSCCCC(C)(F)F)C(=O)O. The van der Waals surface area contributed by atoms with E-state index in [0.29, 0.717) is 25.0 Å². The van der Waals surface area contributed by atoms with Crippen molar-refractivity contribution in [2.24, 2.45) is 5.92 Å². The van der Waals surface area contributed by atoms with E-state index in [1.807, 2.05) is 6.92 Å². The van der Waals surface area contributed by atoms with E-state index >= 15 is 0 Å². The maximum Gasteiger partial charge on any atom is 0.306 e.